The standard InChI is InChI=1S/C14H16F2N4/c1-8(2)14-19-12(17)6-13(20-14)18-7-9-3-4-10(15)5-11(9)16/h3-6,8H,7H2,1-2H3,(H3,17,18,19,20). The highest BCUT2D eigenvalue weighted by molar-refractivity contribution is 5.45. The van der Waals surface area contributed by atoms with Crippen molar-refractivity contribution in [2.24, 2.45) is 0 Å². The molecule has 0 saturated heterocycles. The third-order valence-corrected chi connectivity index (χ3v) is 2.75. The van der Waals surface area contributed by atoms with Gasteiger partial charge in [-0.25, -0.2) is 18.7 Å². The molecule has 1 aromatic carbocycles. The Bertz CT molecular complexity index is 614. The Morgan fingerprint density at radius 3 is 2.60 bits per heavy atom. The molecule has 0 unspecified atom stereocenters. The maximum atomic E-state index is 13.5. The van der Waals surface area contributed by atoms with Crippen LogP contribution in [0.15, 0.2) is 24.3 Å². The smallest absolute Gasteiger partial charge is 0.135 e. The molecule has 0 aliphatic heterocycles. The van der Waals surface area contributed by atoms with Crippen molar-refractivity contribution in [2.45, 2.75) is 26.3 Å². The fourth-order valence-electron chi connectivity index (χ4n) is 1.68. The largest absolute Gasteiger partial charge is 0.384 e. The monoisotopic (exact) mass is 278 g/mol. The lowest BCUT2D eigenvalue weighted by Gasteiger charge is -2.10. The Morgan fingerprint density at radius 2 is 1.95 bits per heavy atom. The van der Waals surface area contributed by atoms with Gasteiger partial charge in [-0.15, -0.1) is 0 Å². The number of benzene rings is 1. The summed E-state index contributed by atoms with van der Waals surface area (Å²) in [6.07, 6.45) is 0. The summed E-state index contributed by atoms with van der Waals surface area (Å²) in [7, 11) is 0. The predicted molar refractivity (Wildman–Crippen MR) is 74.2 cm³/mol. The van der Waals surface area contributed by atoms with Gasteiger partial charge in [-0.2, -0.15) is 0 Å². The summed E-state index contributed by atoms with van der Waals surface area (Å²) in [6.45, 7) is 4.11. The van der Waals surface area contributed by atoms with Crippen LogP contribution in [-0.4, -0.2) is 9.97 Å². The van der Waals surface area contributed by atoms with Crippen LogP contribution in [-0.2, 0) is 6.54 Å². The van der Waals surface area contributed by atoms with E-state index in [9.17, 15) is 8.78 Å². The summed E-state index contributed by atoms with van der Waals surface area (Å²) >= 11 is 0. The first-order chi connectivity index (χ1) is 9.45. The van der Waals surface area contributed by atoms with Crippen LogP contribution in [0.4, 0.5) is 20.4 Å². The summed E-state index contributed by atoms with van der Waals surface area (Å²) in [5.41, 5.74) is 6.06. The van der Waals surface area contributed by atoms with E-state index in [1.165, 1.54) is 12.1 Å². The lowest BCUT2D eigenvalue weighted by molar-refractivity contribution is 0.574. The van der Waals surface area contributed by atoms with Crippen molar-refractivity contribution in [3.05, 3.63) is 47.3 Å². The Kier molecular flexibility index (Phi) is 4.12. The molecule has 0 amide bonds. The molecule has 0 spiro atoms. The van der Waals surface area contributed by atoms with Gasteiger partial charge in [0, 0.05) is 30.2 Å². The lowest BCUT2D eigenvalue weighted by atomic mass is 10.2. The van der Waals surface area contributed by atoms with Crippen molar-refractivity contribution >= 4 is 11.6 Å². The molecule has 0 atom stereocenters. The highest BCUT2D eigenvalue weighted by Gasteiger charge is 2.08. The number of anilines is 2. The van der Waals surface area contributed by atoms with E-state index >= 15 is 0 Å². The van der Waals surface area contributed by atoms with E-state index in [1.54, 1.807) is 6.07 Å². The van der Waals surface area contributed by atoms with Gasteiger partial charge >= 0.3 is 0 Å². The van der Waals surface area contributed by atoms with Gasteiger partial charge < -0.3 is 11.1 Å². The number of nitrogens with two attached hydrogens (primary N) is 1. The highest BCUT2D eigenvalue weighted by Crippen LogP contribution is 2.16. The fraction of sp³-hybridized carbons (Fsp3) is 0.286. The van der Waals surface area contributed by atoms with E-state index < -0.39 is 11.6 Å². The Morgan fingerprint density at radius 1 is 1.20 bits per heavy atom. The van der Waals surface area contributed by atoms with E-state index in [-0.39, 0.29) is 12.5 Å². The van der Waals surface area contributed by atoms with E-state index in [0.29, 0.717) is 23.0 Å². The summed E-state index contributed by atoms with van der Waals surface area (Å²) < 4.78 is 26.3. The molecule has 1 heterocycles. The minimum atomic E-state index is -0.598. The van der Waals surface area contributed by atoms with Gasteiger partial charge in [-0.3, -0.25) is 0 Å². The van der Waals surface area contributed by atoms with Crippen molar-refractivity contribution in [1.29, 1.82) is 0 Å². The SMILES string of the molecule is CC(C)c1nc(N)cc(NCc2ccc(F)cc2F)n1. The summed E-state index contributed by atoms with van der Waals surface area (Å²) in [6, 6.07) is 5.04. The van der Waals surface area contributed by atoms with E-state index in [2.05, 4.69) is 15.3 Å². The van der Waals surface area contributed by atoms with Crippen LogP contribution >= 0.6 is 0 Å². The molecule has 20 heavy (non-hydrogen) atoms. The van der Waals surface area contributed by atoms with E-state index in [4.69, 9.17) is 5.73 Å². The summed E-state index contributed by atoms with van der Waals surface area (Å²) in [5, 5.41) is 2.96. The predicted octanol–water partition coefficient (Wildman–Crippen LogP) is 3.07. The summed E-state index contributed by atoms with van der Waals surface area (Å²) in [5.74, 6) is 0.438. The molecule has 2 aromatic rings. The van der Waals surface area contributed by atoms with Crippen LogP contribution in [0.2, 0.25) is 0 Å². The second-order valence-corrected chi connectivity index (χ2v) is 4.78. The van der Waals surface area contributed by atoms with Crippen molar-refractivity contribution < 1.29 is 8.78 Å². The maximum Gasteiger partial charge on any atom is 0.135 e. The van der Waals surface area contributed by atoms with Crippen molar-refractivity contribution in [3.63, 3.8) is 0 Å². The zero-order valence-electron chi connectivity index (χ0n) is 11.3. The second kappa shape index (κ2) is 5.81. The number of nitrogen functional groups attached to an aromatic ring is 1. The molecule has 0 saturated carbocycles. The second-order valence-electron chi connectivity index (χ2n) is 4.78. The molecular weight excluding hydrogens is 262 g/mol. The van der Waals surface area contributed by atoms with Gasteiger partial charge in [-0.1, -0.05) is 19.9 Å². The van der Waals surface area contributed by atoms with Crippen LogP contribution in [0.3, 0.4) is 0 Å². The third kappa shape index (κ3) is 3.40. The number of nitrogens with one attached hydrogen (secondary N) is 1. The molecule has 106 valence electrons. The molecule has 3 N–H and O–H groups in total. The third-order valence-electron chi connectivity index (χ3n) is 2.75. The van der Waals surface area contributed by atoms with E-state index in [0.717, 1.165) is 6.07 Å². The number of halogens is 2. The van der Waals surface area contributed by atoms with Gasteiger partial charge in [0.2, 0.25) is 0 Å². The molecule has 0 bridgehead atoms. The minimum absolute atomic E-state index is 0.140. The maximum absolute atomic E-state index is 13.5. The fourth-order valence-corrected chi connectivity index (χ4v) is 1.68. The first-order valence-corrected chi connectivity index (χ1v) is 6.28. The zero-order valence-corrected chi connectivity index (χ0v) is 11.3. The molecule has 6 heteroatoms. The topological polar surface area (TPSA) is 63.8 Å². The van der Waals surface area contributed by atoms with Gasteiger partial charge in [0.05, 0.1) is 0 Å². The van der Waals surface area contributed by atoms with Crippen molar-refractivity contribution in [2.75, 3.05) is 11.1 Å². The zero-order chi connectivity index (χ0) is 14.7. The average Bonchev–Trinajstić information content (AvgIpc) is 2.37. The normalized spacial score (nSPS) is 10.8. The number of hydrogen-bond acceptors (Lipinski definition) is 4. The van der Waals surface area contributed by atoms with Crippen LogP contribution < -0.4 is 11.1 Å². The van der Waals surface area contributed by atoms with Gasteiger partial charge in [0.15, 0.2) is 0 Å². The number of hydrogen-bond donors (Lipinski definition) is 2. The number of aromatic nitrogens is 2. The molecule has 0 aliphatic carbocycles. The van der Waals surface area contributed by atoms with Crippen LogP contribution in [0.1, 0.15) is 31.2 Å². The molecule has 4 nitrogen and oxygen atoms in total. The highest BCUT2D eigenvalue weighted by atomic mass is 19.1. The van der Waals surface area contributed by atoms with Gasteiger partial charge in [0.25, 0.3) is 0 Å². The van der Waals surface area contributed by atoms with Crippen molar-refractivity contribution in [1.82, 2.24) is 9.97 Å². The Labute approximate surface area is 116 Å². The summed E-state index contributed by atoms with van der Waals surface area (Å²) in [4.78, 5) is 8.42. The quantitative estimate of drug-likeness (QED) is 0.902. The van der Waals surface area contributed by atoms with Crippen LogP contribution in [0, 0.1) is 11.6 Å². The van der Waals surface area contributed by atoms with Crippen LogP contribution in [0.25, 0.3) is 0 Å². The van der Waals surface area contributed by atoms with E-state index in [1.807, 2.05) is 13.8 Å². The molecule has 1 aromatic heterocycles. The number of rotatable bonds is 4. The average molecular weight is 278 g/mol. The van der Waals surface area contributed by atoms with Crippen molar-refractivity contribution in [3.8, 4) is 0 Å². The molecule has 0 radical (unpaired) electrons. The van der Waals surface area contributed by atoms with Gasteiger partial charge in [-0.05, 0) is 6.07 Å². The molecule has 0 aliphatic rings. The van der Waals surface area contributed by atoms with Crippen LogP contribution in [0.5, 0.6) is 0 Å². The lowest BCUT2D eigenvalue weighted by Crippen LogP contribution is -2.08. The minimum Gasteiger partial charge on any atom is -0.384 e. The molecule has 0 fully saturated rings. The first kappa shape index (κ1) is 14.2. The Hall–Kier alpha value is -2.24. The van der Waals surface area contributed by atoms with Gasteiger partial charge in [0.1, 0.15) is 29.1 Å². The Balaban J connectivity index is 2.14. The first-order valence-electron chi connectivity index (χ1n) is 6.28. The molecule has 2 rings (SSSR count). The number of nitrogens with zero attached hydrogens (tertiary/aromatic N) is 2. The molecular formula is C14H16F2N4.